The maximum atomic E-state index is 11.4. The molecule has 7 nitrogen and oxygen atoms in total. The lowest BCUT2D eigenvalue weighted by Gasteiger charge is -1.95. The molecule has 2 aromatic heterocycles. The average Bonchev–Trinajstić information content (AvgIpc) is 3.06. The summed E-state index contributed by atoms with van der Waals surface area (Å²) in [6, 6.07) is 2.75. The molecule has 0 saturated heterocycles. The Morgan fingerprint density at radius 1 is 1.55 bits per heavy atom. The van der Waals surface area contributed by atoms with Crippen LogP contribution in [-0.2, 0) is 4.74 Å². The molecule has 2 heterocycles. The van der Waals surface area contributed by atoms with Gasteiger partial charge < -0.3 is 9.15 Å². The van der Waals surface area contributed by atoms with E-state index < -0.39 is 10.9 Å². The van der Waals surface area contributed by atoms with Crippen LogP contribution in [0.5, 0.6) is 0 Å². The van der Waals surface area contributed by atoms with Crippen LogP contribution in [0.4, 0.5) is 5.88 Å². The number of carbonyl (C=O) groups excluding carboxylic acids is 1. The number of ether oxygens (including phenoxy) is 1. The van der Waals surface area contributed by atoms with Crippen LogP contribution in [-0.4, -0.2) is 22.5 Å². The molecule has 0 bridgehead atoms. The maximum Gasteiger partial charge on any atom is 0.433 e. The number of hydrogen-bond acceptors (Lipinski definition) is 7. The number of nitro groups is 1. The predicted octanol–water partition coefficient (Wildman–Crippen LogP) is 2.99. The highest BCUT2D eigenvalue weighted by atomic mass is 32.1. The molecule has 0 aliphatic rings. The third-order valence-corrected chi connectivity index (χ3v) is 3.00. The van der Waals surface area contributed by atoms with Crippen LogP contribution in [0.2, 0.25) is 0 Å². The zero-order valence-corrected chi connectivity index (χ0v) is 11.3. The molecule has 0 amide bonds. The molecule has 0 fully saturated rings. The molecule has 0 unspecified atom stereocenters. The number of hydrogen-bond donors (Lipinski definition) is 0. The SMILES string of the molecule is CCOC(=O)c1csc(C=Cc2ccc([N+](=O)[O-])o2)n1. The number of rotatable bonds is 5. The van der Waals surface area contributed by atoms with Gasteiger partial charge in [-0.25, -0.2) is 9.78 Å². The molecule has 0 radical (unpaired) electrons. The number of carbonyl (C=O) groups is 1. The second-order valence-corrected chi connectivity index (χ2v) is 4.45. The Labute approximate surface area is 117 Å². The van der Waals surface area contributed by atoms with Gasteiger partial charge in [-0.2, -0.15) is 0 Å². The number of thiazole rings is 1. The summed E-state index contributed by atoms with van der Waals surface area (Å²) in [5.74, 6) is -0.461. The van der Waals surface area contributed by atoms with Crippen molar-refractivity contribution in [3.05, 3.63) is 44.1 Å². The second kappa shape index (κ2) is 6.11. The first-order chi connectivity index (χ1) is 9.60. The van der Waals surface area contributed by atoms with Gasteiger partial charge in [0.25, 0.3) is 0 Å². The van der Waals surface area contributed by atoms with Crippen LogP contribution in [0, 0.1) is 10.1 Å². The van der Waals surface area contributed by atoms with Crippen molar-refractivity contribution in [1.82, 2.24) is 4.98 Å². The molecule has 0 atom stereocenters. The van der Waals surface area contributed by atoms with Gasteiger partial charge in [-0.15, -0.1) is 11.3 Å². The molecule has 2 aromatic rings. The molecule has 0 aliphatic heterocycles. The largest absolute Gasteiger partial charge is 0.461 e. The van der Waals surface area contributed by atoms with Gasteiger partial charge in [0.15, 0.2) is 5.69 Å². The highest BCUT2D eigenvalue weighted by Gasteiger charge is 2.11. The van der Waals surface area contributed by atoms with Gasteiger partial charge in [0.1, 0.15) is 15.7 Å². The van der Waals surface area contributed by atoms with E-state index in [0.29, 0.717) is 10.8 Å². The first-order valence-corrected chi connectivity index (χ1v) is 6.53. The molecule has 0 spiro atoms. The predicted molar refractivity (Wildman–Crippen MR) is 72.4 cm³/mol. The normalized spacial score (nSPS) is 10.8. The summed E-state index contributed by atoms with van der Waals surface area (Å²) in [6.07, 6.45) is 3.15. The maximum absolute atomic E-state index is 11.4. The minimum atomic E-state index is -0.612. The molecular weight excluding hydrogens is 284 g/mol. The lowest BCUT2D eigenvalue weighted by molar-refractivity contribution is -0.402. The molecule has 8 heteroatoms. The van der Waals surface area contributed by atoms with Crippen LogP contribution in [0.1, 0.15) is 28.2 Å². The van der Waals surface area contributed by atoms with Crippen molar-refractivity contribution < 1.29 is 18.9 Å². The number of nitrogens with zero attached hydrogens (tertiary/aromatic N) is 2. The Morgan fingerprint density at radius 2 is 2.35 bits per heavy atom. The average molecular weight is 294 g/mol. The molecule has 2 rings (SSSR count). The van der Waals surface area contributed by atoms with Crippen LogP contribution in [0.25, 0.3) is 12.2 Å². The number of esters is 1. The van der Waals surface area contributed by atoms with Gasteiger partial charge in [0.05, 0.1) is 12.7 Å². The summed E-state index contributed by atoms with van der Waals surface area (Å²) in [4.78, 5) is 25.3. The van der Waals surface area contributed by atoms with Crippen LogP contribution >= 0.6 is 11.3 Å². The topological polar surface area (TPSA) is 95.5 Å². The van der Waals surface area contributed by atoms with Crippen molar-refractivity contribution in [2.24, 2.45) is 0 Å². The van der Waals surface area contributed by atoms with Crippen LogP contribution in [0.15, 0.2) is 21.9 Å². The van der Waals surface area contributed by atoms with E-state index in [0.717, 1.165) is 0 Å². The fourth-order valence-corrected chi connectivity index (χ4v) is 2.03. The zero-order valence-electron chi connectivity index (χ0n) is 10.4. The van der Waals surface area contributed by atoms with Crippen molar-refractivity contribution in [3.63, 3.8) is 0 Å². The number of furan rings is 1. The van der Waals surface area contributed by atoms with Gasteiger partial charge >= 0.3 is 11.9 Å². The molecule has 104 valence electrons. The van der Waals surface area contributed by atoms with Crippen molar-refractivity contribution >= 4 is 35.3 Å². The summed E-state index contributed by atoms with van der Waals surface area (Å²) in [5, 5.41) is 12.6. The zero-order chi connectivity index (χ0) is 14.5. The minimum Gasteiger partial charge on any atom is -0.461 e. The van der Waals surface area contributed by atoms with Gasteiger partial charge in [-0.3, -0.25) is 10.1 Å². The quantitative estimate of drug-likeness (QED) is 0.478. The summed E-state index contributed by atoms with van der Waals surface area (Å²) >= 11 is 1.26. The summed E-state index contributed by atoms with van der Waals surface area (Å²) in [6.45, 7) is 2.01. The molecule has 0 saturated carbocycles. The Kier molecular flexibility index (Phi) is 4.26. The molecule has 0 aromatic carbocycles. The highest BCUT2D eigenvalue weighted by molar-refractivity contribution is 7.10. The fraction of sp³-hybridized carbons (Fsp3) is 0.167. The second-order valence-electron chi connectivity index (χ2n) is 3.56. The van der Waals surface area contributed by atoms with Crippen molar-refractivity contribution in [2.75, 3.05) is 6.61 Å². The van der Waals surface area contributed by atoms with E-state index in [1.807, 2.05) is 0 Å². The summed E-state index contributed by atoms with van der Waals surface area (Å²) in [7, 11) is 0. The third-order valence-electron chi connectivity index (χ3n) is 2.19. The lowest BCUT2D eigenvalue weighted by Crippen LogP contribution is -2.04. The van der Waals surface area contributed by atoms with Gasteiger partial charge in [-0.1, -0.05) is 0 Å². The monoisotopic (exact) mass is 294 g/mol. The lowest BCUT2D eigenvalue weighted by atomic mass is 10.4. The van der Waals surface area contributed by atoms with Gasteiger partial charge in [0, 0.05) is 5.38 Å². The standard InChI is InChI=1S/C12H10N2O5S/c1-2-18-12(15)9-7-20-10(13-9)5-3-8-4-6-11(19-8)14(16)17/h3-7H,2H2,1H3. The van der Waals surface area contributed by atoms with Crippen molar-refractivity contribution in [3.8, 4) is 0 Å². The minimum absolute atomic E-state index is 0.238. The van der Waals surface area contributed by atoms with E-state index in [1.54, 1.807) is 24.5 Å². The molecular formula is C12H10N2O5S. The van der Waals surface area contributed by atoms with Crippen LogP contribution in [0.3, 0.4) is 0 Å². The first-order valence-electron chi connectivity index (χ1n) is 5.65. The van der Waals surface area contributed by atoms with E-state index in [9.17, 15) is 14.9 Å². The highest BCUT2D eigenvalue weighted by Crippen LogP contribution is 2.19. The van der Waals surface area contributed by atoms with E-state index in [1.165, 1.54) is 23.5 Å². The number of aromatic nitrogens is 1. The van der Waals surface area contributed by atoms with Gasteiger partial charge in [0.2, 0.25) is 0 Å². The summed E-state index contributed by atoms with van der Waals surface area (Å²) < 4.78 is 9.78. The van der Waals surface area contributed by atoms with E-state index in [-0.39, 0.29) is 18.2 Å². The fourth-order valence-electron chi connectivity index (χ4n) is 1.35. The third kappa shape index (κ3) is 3.29. The summed E-state index contributed by atoms with van der Waals surface area (Å²) in [5.41, 5.74) is 0.238. The Morgan fingerprint density at radius 3 is 3.00 bits per heavy atom. The molecule has 0 aliphatic carbocycles. The Balaban J connectivity index is 2.07. The van der Waals surface area contributed by atoms with Crippen LogP contribution < -0.4 is 0 Å². The Bertz CT molecular complexity index is 658. The van der Waals surface area contributed by atoms with E-state index in [4.69, 9.17) is 9.15 Å². The van der Waals surface area contributed by atoms with E-state index >= 15 is 0 Å². The molecule has 0 N–H and O–H groups in total. The first kappa shape index (κ1) is 13.9. The van der Waals surface area contributed by atoms with Crippen molar-refractivity contribution in [2.45, 2.75) is 6.92 Å². The van der Waals surface area contributed by atoms with Crippen molar-refractivity contribution in [1.29, 1.82) is 0 Å². The Hall–Kier alpha value is -2.48. The van der Waals surface area contributed by atoms with E-state index in [2.05, 4.69) is 4.98 Å². The smallest absolute Gasteiger partial charge is 0.433 e. The van der Waals surface area contributed by atoms with Gasteiger partial charge in [-0.05, 0) is 25.1 Å². The molecule has 20 heavy (non-hydrogen) atoms.